The first-order chi connectivity index (χ1) is 7.41. The lowest BCUT2D eigenvalue weighted by Gasteiger charge is -2.37. The molecule has 0 N–H and O–H groups in total. The Bertz CT molecular complexity index is 396. The molecular weight excluding hydrogens is 192 g/mol. The van der Waals surface area contributed by atoms with Crippen molar-refractivity contribution in [3.63, 3.8) is 0 Å². The maximum atomic E-state index is 4.26. The maximum Gasteiger partial charge on any atom is 0.0185 e. The highest BCUT2D eigenvalue weighted by atomic mass is 14.6. The van der Waals surface area contributed by atoms with Crippen molar-refractivity contribution in [3.8, 4) is 0 Å². The van der Waals surface area contributed by atoms with Crippen LogP contribution in [0.4, 0.5) is 0 Å². The van der Waals surface area contributed by atoms with Crippen molar-refractivity contribution < 1.29 is 0 Å². The molecule has 3 unspecified atom stereocenters. The monoisotopic (exact) mass is 214 g/mol. The molecule has 2 bridgehead atoms. The van der Waals surface area contributed by atoms with Crippen LogP contribution < -0.4 is 0 Å². The summed E-state index contributed by atoms with van der Waals surface area (Å²) >= 11 is 0. The summed E-state index contributed by atoms with van der Waals surface area (Å²) in [6.45, 7) is 19.1. The predicted octanol–water partition coefficient (Wildman–Crippen LogP) is 4.52. The first kappa shape index (κ1) is 11.4. The van der Waals surface area contributed by atoms with E-state index in [0.29, 0.717) is 17.8 Å². The van der Waals surface area contributed by atoms with E-state index in [1.54, 1.807) is 0 Å². The number of hydrogen-bond donors (Lipinski definition) is 0. The third kappa shape index (κ3) is 1.22. The van der Waals surface area contributed by atoms with Crippen molar-refractivity contribution in [2.45, 2.75) is 27.2 Å². The highest BCUT2D eigenvalue weighted by Crippen LogP contribution is 2.63. The summed E-state index contributed by atoms with van der Waals surface area (Å²) in [5, 5.41) is 0. The molecule has 0 spiro atoms. The largest absolute Gasteiger partial charge is 0.0992 e. The van der Waals surface area contributed by atoms with Gasteiger partial charge in [-0.2, -0.15) is 0 Å². The molecule has 0 radical (unpaired) electrons. The van der Waals surface area contributed by atoms with E-state index < -0.39 is 0 Å². The van der Waals surface area contributed by atoms with Gasteiger partial charge in [-0.05, 0) is 37.7 Å². The standard InChI is InChI=1S/C16H22/c1-10(2)13(6)15-14-7-8-16(15,11(3)4)12(5)9-14/h7-8,12,14-15H,1,3,6,9H2,2,4-5H3/t12?,14?,15?,16-/m1/s1. The SMILES string of the molecule is C=C(C)C(=C)C1C2C=C[C@@]1(C(=C)C)C(C)C2. The molecule has 0 aromatic heterocycles. The zero-order chi connectivity index (χ0) is 12.1. The Balaban J connectivity index is 2.46. The summed E-state index contributed by atoms with van der Waals surface area (Å²) in [5.41, 5.74) is 3.78. The van der Waals surface area contributed by atoms with Crippen LogP contribution in [0.2, 0.25) is 0 Å². The van der Waals surface area contributed by atoms with Crippen molar-refractivity contribution in [2.75, 3.05) is 0 Å². The van der Waals surface area contributed by atoms with E-state index in [2.05, 4.69) is 52.7 Å². The topological polar surface area (TPSA) is 0 Å². The van der Waals surface area contributed by atoms with Crippen molar-refractivity contribution in [1.82, 2.24) is 0 Å². The summed E-state index contributed by atoms with van der Waals surface area (Å²) < 4.78 is 0. The van der Waals surface area contributed by atoms with Gasteiger partial charge in [0.2, 0.25) is 0 Å². The second kappa shape index (κ2) is 3.48. The van der Waals surface area contributed by atoms with Crippen molar-refractivity contribution in [2.24, 2.45) is 23.2 Å². The van der Waals surface area contributed by atoms with Crippen LogP contribution in [-0.2, 0) is 0 Å². The average molecular weight is 214 g/mol. The van der Waals surface area contributed by atoms with Gasteiger partial charge < -0.3 is 0 Å². The van der Waals surface area contributed by atoms with Gasteiger partial charge in [-0.3, -0.25) is 0 Å². The van der Waals surface area contributed by atoms with Gasteiger partial charge in [0.15, 0.2) is 0 Å². The van der Waals surface area contributed by atoms with E-state index in [1.165, 1.54) is 17.6 Å². The molecule has 16 heavy (non-hydrogen) atoms. The Labute approximate surface area is 99.4 Å². The third-order valence-corrected chi connectivity index (χ3v) is 4.67. The molecular formula is C16H22. The zero-order valence-electron chi connectivity index (χ0n) is 10.7. The Kier molecular flexibility index (Phi) is 2.49. The predicted molar refractivity (Wildman–Crippen MR) is 71.1 cm³/mol. The first-order valence-electron chi connectivity index (χ1n) is 6.11. The van der Waals surface area contributed by atoms with Crippen LogP contribution in [0.15, 0.2) is 48.6 Å². The number of hydrogen-bond acceptors (Lipinski definition) is 0. The van der Waals surface area contributed by atoms with E-state index in [-0.39, 0.29) is 5.41 Å². The Hall–Kier alpha value is -1.04. The molecule has 0 heteroatoms. The second-order valence-electron chi connectivity index (χ2n) is 5.66. The minimum absolute atomic E-state index is 0.153. The van der Waals surface area contributed by atoms with Crippen molar-refractivity contribution in [3.05, 3.63) is 48.6 Å². The molecule has 0 aromatic carbocycles. The smallest absolute Gasteiger partial charge is 0.0185 e. The minimum atomic E-state index is 0.153. The molecule has 0 aliphatic heterocycles. The van der Waals surface area contributed by atoms with Crippen LogP contribution in [0.25, 0.3) is 0 Å². The second-order valence-corrected chi connectivity index (χ2v) is 5.66. The maximum absolute atomic E-state index is 4.26. The molecule has 0 amide bonds. The Morgan fingerprint density at radius 3 is 2.31 bits per heavy atom. The molecule has 2 rings (SSSR count). The first-order valence-corrected chi connectivity index (χ1v) is 6.11. The van der Waals surface area contributed by atoms with Crippen LogP contribution >= 0.6 is 0 Å². The molecule has 0 heterocycles. The van der Waals surface area contributed by atoms with Gasteiger partial charge in [0, 0.05) is 11.3 Å². The van der Waals surface area contributed by atoms with Crippen LogP contribution in [0.5, 0.6) is 0 Å². The fourth-order valence-corrected chi connectivity index (χ4v) is 3.78. The van der Waals surface area contributed by atoms with E-state index in [4.69, 9.17) is 0 Å². The normalized spacial score (nSPS) is 40.1. The molecule has 0 nitrogen and oxygen atoms in total. The Morgan fingerprint density at radius 1 is 1.25 bits per heavy atom. The molecule has 2 aliphatic carbocycles. The van der Waals surface area contributed by atoms with E-state index in [9.17, 15) is 0 Å². The number of allylic oxidation sites excluding steroid dienone is 5. The van der Waals surface area contributed by atoms with Crippen LogP contribution in [0.1, 0.15) is 27.2 Å². The van der Waals surface area contributed by atoms with Gasteiger partial charge >= 0.3 is 0 Å². The van der Waals surface area contributed by atoms with E-state index in [0.717, 1.165) is 5.57 Å². The fourth-order valence-electron chi connectivity index (χ4n) is 3.78. The minimum Gasteiger partial charge on any atom is -0.0992 e. The molecule has 86 valence electrons. The molecule has 1 saturated carbocycles. The van der Waals surface area contributed by atoms with Gasteiger partial charge in [-0.15, -0.1) is 0 Å². The van der Waals surface area contributed by atoms with E-state index >= 15 is 0 Å². The van der Waals surface area contributed by atoms with Gasteiger partial charge in [-0.1, -0.05) is 50.0 Å². The lowest BCUT2D eigenvalue weighted by Crippen LogP contribution is -2.29. The van der Waals surface area contributed by atoms with Crippen molar-refractivity contribution in [1.29, 1.82) is 0 Å². The average Bonchev–Trinajstić information content (AvgIpc) is 2.69. The van der Waals surface area contributed by atoms with Gasteiger partial charge in [0.05, 0.1) is 0 Å². The summed E-state index contributed by atoms with van der Waals surface area (Å²) in [4.78, 5) is 0. The van der Waals surface area contributed by atoms with Gasteiger partial charge in [0.1, 0.15) is 0 Å². The summed E-state index contributed by atoms with van der Waals surface area (Å²) in [5.74, 6) is 1.84. The number of rotatable bonds is 3. The fraction of sp³-hybridized carbons (Fsp3) is 0.500. The lowest BCUT2D eigenvalue weighted by atomic mass is 9.67. The summed E-state index contributed by atoms with van der Waals surface area (Å²) in [6.07, 6.45) is 6.01. The Morgan fingerprint density at radius 2 is 1.88 bits per heavy atom. The van der Waals surface area contributed by atoms with Crippen LogP contribution in [-0.4, -0.2) is 0 Å². The molecule has 1 fully saturated rings. The third-order valence-electron chi connectivity index (χ3n) is 4.67. The van der Waals surface area contributed by atoms with E-state index in [1.807, 2.05) is 0 Å². The van der Waals surface area contributed by atoms with Crippen LogP contribution in [0, 0.1) is 23.2 Å². The van der Waals surface area contributed by atoms with Gasteiger partial charge in [-0.25, -0.2) is 0 Å². The summed E-state index contributed by atoms with van der Waals surface area (Å²) in [7, 11) is 0. The molecule has 2 aliphatic rings. The highest BCUT2D eigenvalue weighted by molar-refractivity contribution is 5.42. The van der Waals surface area contributed by atoms with Crippen LogP contribution in [0.3, 0.4) is 0 Å². The lowest BCUT2D eigenvalue weighted by molar-refractivity contribution is 0.306. The van der Waals surface area contributed by atoms with Crippen molar-refractivity contribution >= 4 is 0 Å². The zero-order valence-corrected chi connectivity index (χ0v) is 10.7. The molecule has 0 saturated heterocycles. The van der Waals surface area contributed by atoms with Gasteiger partial charge in [0.25, 0.3) is 0 Å². The highest BCUT2D eigenvalue weighted by Gasteiger charge is 2.55. The molecule has 0 aromatic rings. The summed E-state index contributed by atoms with van der Waals surface area (Å²) in [6, 6.07) is 0. The number of fused-ring (bicyclic) bond motifs is 2. The quantitative estimate of drug-likeness (QED) is 0.478. The molecule has 4 atom stereocenters.